The van der Waals surface area contributed by atoms with Gasteiger partial charge in [0.25, 0.3) is 0 Å². The second-order valence-corrected chi connectivity index (χ2v) is 7.43. The number of hydrogen-bond acceptors (Lipinski definition) is 1. The molecule has 2 aliphatic rings. The van der Waals surface area contributed by atoms with E-state index in [1.165, 1.54) is 12.8 Å². The van der Waals surface area contributed by atoms with Crippen LogP contribution in [0.15, 0.2) is 0 Å². The van der Waals surface area contributed by atoms with Crippen molar-refractivity contribution in [2.24, 2.45) is 10.8 Å². The van der Waals surface area contributed by atoms with Gasteiger partial charge in [-0.15, -0.1) is 0 Å². The lowest BCUT2D eigenvalue weighted by Gasteiger charge is -2.39. The molecule has 3 heteroatoms. The number of unbranched alkanes of at least 4 members (excludes halogenated alkanes) is 1. The van der Waals surface area contributed by atoms with Gasteiger partial charge in [0, 0.05) is 19.1 Å². The number of fused-ring (bicyclic) bond motifs is 2. The van der Waals surface area contributed by atoms with Gasteiger partial charge >= 0.3 is 6.03 Å². The molecule has 2 rings (SSSR count). The van der Waals surface area contributed by atoms with Crippen LogP contribution in [0, 0.1) is 10.8 Å². The van der Waals surface area contributed by atoms with Gasteiger partial charge < -0.3 is 10.2 Å². The molecular formula is C15H28N2O. The van der Waals surface area contributed by atoms with Crippen LogP contribution >= 0.6 is 0 Å². The normalized spacial score (nSPS) is 33.6. The van der Waals surface area contributed by atoms with Crippen molar-refractivity contribution in [1.82, 2.24) is 10.2 Å². The lowest BCUT2D eigenvalue weighted by Crippen LogP contribution is -2.43. The Labute approximate surface area is 111 Å². The van der Waals surface area contributed by atoms with Crippen LogP contribution in [0.4, 0.5) is 4.79 Å². The van der Waals surface area contributed by atoms with Crippen LogP contribution in [0.2, 0.25) is 0 Å². The van der Waals surface area contributed by atoms with E-state index in [0.29, 0.717) is 16.9 Å². The number of hydrogen-bond donors (Lipinski definition) is 1. The van der Waals surface area contributed by atoms with Gasteiger partial charge in [-0.25, -0.2) is 4.79 Å². The number of carbonyl (C=O) groups is 1. The van der Waals surface area contributed by atoms with Gasteiger partial charge in [-0.1, -0.05) is 34.1 Å². The maximum Gasteiger partial charge on any atom is 0.317 e. The Morgan fingerprint density at radius 3 is 2.72 bits per heavy atom. The summed E-state index contributed by atoms with van der Waals surface area (Å²) in [5.41, 5.74) is 0.727. The van der Waals surface area contributed by atoms with Gasteiger partial charge in [-0.3, -0.25) is 0 Å². The van der Waals surface area contributed by atoms with E-state index >= 15 is 0 Å². The number of nitrogens with zero attached hydrogens (tertiary/aromatic N) is 1. The number of likely N-dealkylation sites (tertiary alicyclic amines) is 1. The van der Waals surface area contributed by atoms with Gasteiger partial charge in [0.05, 0.1) is 0 Å². The van der Waals surface area contributed by atoms with E-state index in [1.54, 1.807) is 0 Å². The van der Waals surface area contributed by atoms with Crippen molar-refractivity contribution in [1.29, 1.82) is 0 Å². The Kier molecular flexibility index (Phi) is 3.61. The molecule has 3 nitrogen and oxygen atoms in total. The second-order valence-electron chi connectivity index (χ2n) is 7.43. The molecule has 0 radical (unpaired) electrons. The number of amides is 2. The zero-order valence-electron chi connectivity index (χ0n) is 12.4. The van der Waals surface area contributed by atoms with Gasteiger partial charge in [-0.2, -0.15) is 0 Å². The molecular weight excluding hydrogens is 224 g/mol. The minimum absolute atomic E-state index is 0.162. The van der Waals surface area contributed by atoms with Gasteiger partial charge in [0.1, 0.15) is 0 Å². The van der Waals surface area contributed by atoms with E-state index in [9.17, 15) is 4.79 Å². The summed E-state index contributed by atoms with van der Waals surface area (Å²) >= 11 is 0. The quantitative estimate of drug-likeness (QED) is 0.767. The smallest absolute Gasteiger partial charge is 0.317 e. The molecule has 18 heavy (non-hydrogen) atoms. The minimum atomic E-state index is 0.162. The molecule has 2 bridgehead atoms. The van der Waals surface area contributed by atoms with Gasteiger partial charge in [-0.05, 0) is 36.5 Å². The summed E-state index contributed by atoms with van der Waals surface area (Å²) in [5, 5.41) is 3.07. The Balaban J connectivity index is 1.98. The highest BCUT2D eigenvalue weighted by atomic mass is 16.2. The highest BCUT2D eigenvalue weighted by Gasteiger charge is 2.50. The molecule has 0 aromatic rings. The van der Waals surface area contributed by atoms with E-state index in [4.69, 9.17) is 0 Å². The van der Waals surface area contributed by atoms with Crippen LogP contribution < -0.4 is 5.32 Å². The Morgan fingerprint density at radius 1 is 1.33 bits per heavy atom. The molecule has 1 heterocycles. The van der Waals surface area contributed by atoms with Crippen molar-refractivity contribution >= 4 is 6.03 Å². The first-order valence-electron chi connectivity index (χ1n) is 7.40. The Morgan fingerprint density at radius 2 is 2.06 bits per heavy atom. The fourth-order valence-corrected chi connectivity index (χ4v) is 4.17. The third-order valence-electron chi connectivity index (χ3n) is 4.48. The fraction of sp³-hybridized carbons (Fsp3) is 0.933. The van der Waals surface area contributed by atoms with Crippen molar-refractivity contribution in [3.05, 3.63) is 0 Å². The third-order valence-corrected chi connectivity index (χ3v) is 4.48. The summed E-state index contributed by atoms with van der Waals surface area (Å²) in [5.74, 6) is 0. The van der Waals surface area contributed by atoms with Crippen LogP contribution in [0.5, 0.6) is 0 Å². The first kappa shape index (κ1) is 13.7. The molecule has 104 valence electrons. The minimum Gasteiger partial charge on any atom is -0.338 e. The summed E-state index contributed by atoms with van der Waals surface area (Å²) in [6, 6.07) is 0.621. The molecule has 1 saturated carbocycles. The Bertz CT molecular complexity index is 326. The van der Waals surface area contributed by atoms with Crippen LogP contribution in [-0.2, 0) is 0 Å². The van der Waals surface area contributed by atoms with Crippen LogP contribution in [0.3, 0.4) is 0 Å². The number of carbonyl (C=O) groups excluding carboxylic acids is 1. The topological polar surface area (TPSA) is 32.3 Å². The lowest BCUT2D eigenvalue weighted by atomic mass is 9.65. The SMILES string of the molecule is CCCCNC(=O)N1CC2(C)CC1CC(C)(C)C2. The molecule has 1 N–H and O–H groups in total. The summed E-state index contributed by atoms with van der Waals surface area (Å²) in [6.45, 7) is 10.9. The van der Waals surface area contributed by atoms with Crippen LogP contribution in [0.1, 0.15) is 59.8 Å². The van der Waals surface area contributed by atoms with Crippen molar-refractivity contribution in [2.75, 3.05) is 13.1 Å². The zero-order chi connectivity index (χ0) is 13.4. The van der Waals surface area contributed by atoms with Crippen molar-refractivity contribution in [3.8, 4) is 0 Å². The first-order chi connectivity index (χ1) is 8.35. The molecule has 1 aliphatic carbocycles. The fourth-order valence-electron chi connectivity index (χ4n) is 4.17. The number of urea groups is 1. The molecule has 0 aromatic heterocycles. The second kappa shape index (κ2) is 4.75. The lowest BCUT2D eigenvalue weighted by molar-refractivity contribution is 0.129. The molecule has 2 amide bonds. The molecule has 2 atom stereocenters. The van der Waals surface area contributed by atoms with Crippen molar-refractivity contribution in [2.45, 2.75) is 65.8 Å². The van der Waals surface area contributed by atoms with Crippen LogP contribution in [-0.4, -0.2) is 30.1 Å². The standard InChI is InChI=1S/C15H28N2O/c1-5-6-7-16-13(18)17-11-15(4)9-12(17)8-14(2,3)10-15/h12H,5-11H2,1-4H3,(H,16,18). The zero-order valence-corrected chi connectivity index (χ0v) is 12.4. The molecule has 2 unspecified atom stereocenters. The van der Waals surface area contributed by atoms with Crippen molar-refractivity contribution < 1.29 is 4.79 Å². The van der Waals surface area contributed by atoms with Crippen LogP contribution in [0.25, 0.3) is 0 Å². The molecule has 0 spiro atoms. The average molecular weight is 252 g/mol. The predicted molar refractivity (Wildman–Crippen MR) is 74.5 cm³/mol. The van der Waals surface area contributed by atoms with E-state index in [1.807, 2.05) is 0 Å². The summed E-state index contributed by atoms with van der Waals surface area (Å²) in [4.78, 5) is 14.3. The largest absolute Gasteiger partial charge is 0.338 e. The summed E-state index contributed by atoms with van der Waals surface area (Å²) < 4.78 is 0. The van der Waals surface area contributed by atoms with Crippen molar-refractivity contribution in [3.63, 3.8) is 0 Å². The summed E-state index contributed by atoms with van der Waals surface area (Å²) in [7, 11) is 0. The molecule has 0 aromatic carbocycles. The monoisotopic (exact) mass is 252 g/mol. The first-order valence-corrected chi connectivity index (χ1v) is 7.40. The Hall–Kier alpha value is -0.730. The molecule has 1 saturated heterocycles. The van der Waals surface area contributed by atoms with E-state index in [2.05, 4.69) is 37.9 Å². The maximum atomic E-state index is 12.2. The van der Waals surface area contributed by atoms with E-state index < -0.39 is 0 Å². The third kappa shape index (κ3) is 2.81. The van der Waals surface area contributed by atoms with Gasteiger partial charge in [0.15, 0.2) is 0 Å². The highest BCUT2D eigenvalue weighted by Crippen LogP contribution is 2.52. The summed E-state index contributed by atoms with van der Waals surface area (Å²) in [6.07, 6.45) is 5.80. The van der Waals surface area contributed by atoms with E-state index in [-0.39, 0.29) is 6.03 Å². The number of nitrogens with one attached hydrogen (secondary N) is 1. The highest BCUT2D eigenvalue weighted by molar-refractivity contribution is 5.75. The predicted octanol–water partition coefficient (Wildman–Crippen LogP) is 3.40. The molecule has 1 aliphatic heterocycles. The average Bonchev–Trinajstić information content (AvgIpc) is 2.48. The number of rotatable bonds is 3. The van der Waals surface area contributed by atoms with E-state index in [0.717, 1.165) is 32.4 Å². The van der Waals surface area contributed by atoms with Gasteiger partial charge in [0.2, 0.25) is 0 Å². The molecule has 2 fully saturated rings. The maximum absolute atomic E-state index is 12.2.